The molecule has 11 nitrogen and oxygen atoms in total. The summed E-state index contributed by atoms with van der Waals surface area (Å²) >= 11 is 0. The average Bonchev–Trinajstić information content (AvgIpc) is 2.75. The van der Waals surface area contributed by atoms with E-state index in [2.05, 4.69) is 0 Å². The van der Waals surface area contributed by atoms with Crippen molar-refractivity contribution in [2.24, 2.45) is 0 Å². The number of rotatable bonds is 3. The normalized spacial score (nSPS) is 11.7. The average molecular weight is 480 g/mol. The van der Waals surface area contributed by atoms with Gasteiger partial charge in [0.1, 0.15) is 28.7 Å². The van der Waals surface area contributed by atoms with Gasteiger partial charge in [-0.05, 0) is 17.7 Å². The van der Waals surface area contributed by atoms with Crippen LogP contribution in [0.1, 0.15) is 0 Å². The summed E-state index contributed by atoms with van der Waals surface area (Å²) in [5, 5.41) is 80.7. The second-order valence-corrected chi connectivity index (χ2v) is 7.58. The molecule has 0 amide bonds. The van der Waals surface area contributed by atoms with E-state index in [0.29, 0.717) is 0 Å². The van der Waals surface area contributed by atoms with Crippen molar-refractivity contribution in [1.29, 1.82) is 0 Å². The summed E-state index contributed by atoms with van der Waals surface area (Å²) in [6.45, 7) is 0. The van der Waals surface area contributed by atoms with E-state index in [0.717, 1.165) is 36.4 Å². The zero-order valence-electron chi connectivity index (χ0n) is 17.4. The Morgan fingerprint density at radius 3 is 1.69 bits per heavy atom. The number of hydrogen-bond acceptors (Lipinski definition) is 11. The fourth-order valence-electron chi connectivity index (χ4n) is 3.66. The predicted octanol–water partition coefficient (Wildman–Crippen LogP) is 4.69. The van der Waals surface area contributed by atoms with Gasteiger partial charge >= 0.3 is 0 Å². The van der Waals surface area contributed by atoms with E-state index in [4.69, 9.17) is 14.2 Å². The summed E-state index contributed by atoms with van der Waals surface area (Å²) in [6.07, 6.45) is 0. The molecule has 8 N–H and O–H groups in total. The molecule has 0 atom stereocenters. The zero-order chi connectivity index (χ0) is 25.0. The Morgan fingerprint density at radius 1 is 0.486 bits per heavy atom. The minimum atomic E-state index is -0.639. The lowest BCUT2D eigenvalue weighted by atomic mass is 10.0. The van der Waals surface area contributed by atoms with Crippen LogP contribution in [-0.2, 0) is 0 Å². The first-order chi connectivity index (χ1) is 16.6. The third kappa shape index (κ3) is 3.66. The van der Waals surface area contributed by atoms with Gasteiger partial charge < -0.3 is 55.1 Å². The number of phenolic OH excluding ortho intramolecular Hbond substituents is 8. The highest BCUT2D eigenvalue weighted by Gasteiger charge is 2.32. The second-order valence-electron chi connectivity index (χ2n) is 7.58. The number of hydrogen-bond donors (Lipinski definition) is 8. The Labute approximate surface area is 195 Å². The topological polar surface area (TPSA) is 190 Å². The molecule has 0 unspecified atom stereocenters. The van der Waals surface area contributed by atoms with Crippen LogP contribution in [0.15, 0.2) is 48.5 Å². The number of fused-ring (bicyclic) bond motifs is 2. The van der Waals surface area contributed by atoms with Crippen LogP contribution in [0, 0.1) is 0 Å². The Kier molecular flexibility index (Phi) is 4.69. The molecule has 0 fully saturated rings. The molecule has 5 rings (SSSR count). The quantitative estimate of drug-likeness (QED) is 0.179. The Bertz CT molecular complexity index is 1470. The van der Waals surface area contributed by atoms with Crippen molar-refractivity contribution in [2.45, 2.75) is 0 Å². The summed E-state index contributed by atoms with van der Waals surface area (Å²) in [5.74, 6) is -5.29. The highest BCUT2D eigenvalue weighted by molar-refractivity contribution is 5.86. The zero-order valence-corrected chi connectivity index (χ0v) is 17.4. The molecule has 0 spiro atoms. The molecule has 0 saturated carbocycles. The van der Waals surface area contributed by atoms with Crippen LogP contribution in [0.4, 0.5) is 0 Å². The molecule has 35 heavy (non-hydrogen) atoms. The highest BCUT2D eigenvalue weighted by Crippen LogP contribution is 2.60. The fourth-order valence-corrected chi connectivity index (χ4v) is 3.66. The van der Waals surface area contributed by atoms with E-state index in [9.17, 15) is 40.9 Å². The van der Waals surface area contributed by atoms with Crippen molar-refractivity contribution in [3.8, 4) is 91.6 Å². The van der Waals surface area contributed by atoms with Gasteiger partial charge in [-0.2, -0.15) is 0 Å². The largest absolute Gasteiger partial charge is 0.508 e. The minimum Gasteiger partial charge on any atom is -0.508 e. The lowest BCUT2D eigenvalue weighted by molar-refractivity contribution is 0.316. The van der Waals surface area contributed by atoms with Gasteiger partial charge in [0.2, 0.25) is 17.2 Å². The van der Waals surface area contributed by atoms with E-state index in [1.165, 1.54) is 12.1 Å². The van der Waals surface area contributed by atoms with Gasteiger partial charge in [0.05, 0.1) is 5.56 Å². The summed E-state index contributed by atoms with van der Waals surface area (Å²) in [6, 6.07) is 8.54. The van der Waals surface area contributed by atoms with Gasteiger partial charge in [0, 0.05) is 36.4 Å². The molecule has 0 aliphatic carbocycles. The Balaban J connectivity index is 1.77. The van der Waals surface area contributed by atoms with Gasteiger partial charge in [-0.25, -0.2) is 0 Å². The molecule has 11 heteroatoms. The molecule has 178 valence electrons. The van der Waals surface area contributed by atoms with Crippen LogP contribution < -0.4 is 14.2 Å². The smallest absolute Gasteiger partial charge is 0.212 e. The molecule has 1 aliphatic rings. The van der Waals surface area contributed by atoms with Crippen LogP contribution >= 0.6 is 0 Å². The van der Waals surface area contributed by atoms with Crippen LogP contribution in [-0.4, -0.2) is 40.9 Å². The second kappa shape index (κ2) is 7.63. The van der Waals surface area contributed by atoms with E-state index >= 15 is 0 Å². The highest BCUT2D eigenvalue weighted by atomic mass is 16.6. The van der Waals surface area contributed by atoms with Crippen molar-refractivity contribution >= 4 is 0 Å². The summed E-state index contributed by atoms with van der Waals surface area (Å²) in [5.41, 5.74) is 0.0610. The Hall–Kier alpha value is -5.32. The van der Waals surface area contributed by atoms with Gasteiger partial charge in [0.15, 0.2) is 34.5 Å². The van der Waals surface area contributed by atoms with E-state index in [-0.39, 0.29) is 57.1 Å². The third-order valence-electron chi connectivity index (χ3n) is 5.05. The number of phenols is 8. The number of benzene rings is 4. The lowest BCUT2D eigenvalue weighted by Gasteiger charge is -2.26. The van der Waals surface area contributed by atoms with E-state index < -0.39 is 34.5 Å². The van der Waals surface area contributed by atoms with Gasteiger partial charge in [-0.3, -0.25) is 0 Å². The molecule has 1 heterocycles. The predicted molar refractivity (Wildman–Crippen MR) is 118 cm³/mol. The van der Waals surface area contributed by atoms with Crippen LogP contribution in [0.25, 0.3) is 11.1 Å². The first-order valence-corrected chi connectivity index (χ1v) is 9.88. The molecule has 0 aromatic heterocycles. The van der Waals surface area contributed by atoms with Gasteiger partial charge in [0.25, 0.3) is 0 Å². The fraction of sp³-hybridized carbons (Fsp3) is 0. The van der Waals surface area contributed by atoms with Crippen molar-refractivity contribution in [3.05, 3.63) is 48.5 Å². The standard InChI is InChI=1S/C24H16O11/c25-10-1-9(2-11(26)3-10)20-18(33-21-14(29)4-12(27)5-15(21)30)8-17(32)23-24(20)35-22-16(31)6-13(28)7-19(22)34-23/h1-8,25-32H. The Morgan fingerprint density at radius 2 is 1.03 bits per heavy atom. The minimum absolute atomic E-state index is 0.0333. The molecular formula is C24H16O11. The molecule has 4 aromatic rings. The maximum Gasteiger partial charge on any atom is 0.212 e. The SMILES string of the molecule is Oc1cc(O)cc(-c2c(Oc3c(O)cc(O)cc3O)cc(O)c3c2Oc2c(O)cc(O)cc2O3)c1. The molecule has 0 radical (unpaired) electrons. The van der Waals surface area contributed by atoms with Crippen LogP contribution in [0.5, 0.6) is 80.5 Å². The van der Waals surface area contributed by atoms with Crippen molar-refractivity contribution < 1.29 is 55.1 Å². The van der Waals surface area contributed by atoms with Crippen molar-refractivity contribution in [3.63, 3.8) is 0 Å². The molecule has 1 aliphatic heterocycles. The van der Waals surface area contributed by atoms with E-state index in [1.807, 2.05) is 0 Å². The molecule has 0 bridgehead atoms. The molecule has 4 aromatic carbocycles. The van der Waals surface area contributed by atoms with E-state index in [1.54, 1.807) is 0 Å². The molecular weight excluding hydrogens is 464 g/mol. The molecule has 0 saturated heterocycles. The van der Waals surface area contributed by atoms with Crippen LogP contribution in [0.2, 0.25) is 0 Å². The van der Waals surface area contributed by atoms with Crippen LogP contribution in [0.3, 0.4) is 0 Å². The summed E-state index contributed by atoms with van der Waals surface area (Å²) in [4.78, 5) is 0. The first-order valence-electron chi connectivity index (χ1n) is 9.88. The monoisotopic (exact) mass is 480 g/mol. The van der Waals surface area contributed by atoms with Crippen molar-refractivity contribution in [1.82, 2.24) is 0 Å². The van der Waals surface area contributed by atoms with Gasteiger partial charge in [-0.1, -0.05) is 0 Å². The maximum absolute atomic E-state index is 10.7. The third-order valence-corrected chi connectivity index (χ3v) is 5.05. The van der Waals surface area contributed by atoms with Gasteiger partial charge in [-0.15, -0.1) is 0 Å². The lowest BCUT2D eigenvalue weighted by Crippen LogP contribution is -2.03. The van der Waals surface area contributed by atoms with Crippen molar-refractivity contribution in [2.75, 3.05) is 0 Å². The number of ether oxygens (including phenoxy) is 3. The number of aromatic hydroxyl groups is 8. The first kappa shape index (κ1) is 21.5. The summed E-state index contributed by atoms with van der Waals surface area (Å²) < 4.78 is 17.1. The summed E-state index contributed by atoms with van der Waals surface area (Å²) in [7, 11) is 0. The maximum atomic E-state index is 10.7.